The second-order valence-electron chi connectivity index (χ2n) is 7.13. The monoisotopic (exact) mass is 304 g/mol. The van der Waals surface area contributed by atoms with Gasteiger partial charge >= 0.3 is 0 Å². The molecule has 22 heavy (non-hydrogen) atoms. The van der Waals surface area contributed by atoms with Crippen LogP contribution in [-0.2, 0) is 0 Å². The van der Waals surface area contributed by atoms with Crippen LogP contribution in [0, 0.1) is 5.41 Å². The first-order valence-corrected chi connectivity index (χ1v) is 8.31. The normalized spacial score (nSPS) is 20.5. The molecule has 0 aliphatic heterocycles. The van der Waals surface area contributed by atoms with E-state index in [-0.39, 0.29) is 6.61 Å². The minimum absolute atomic E-state index is 0.0299. The molecule has 0 aromatic rings. The second kappa shape index (κ2) is 8.38. The molecule has 0 unspecified atom stereocenters. The lowest BCUT2D eigenvalue weighted by Gasteiger charge is -2.35. The molecule has 0 aromatic carbocycles. The van der Waals surface area contributed by atoms with Gasteiger partial charge in [0.15, 0.2) is 0 Å². The van der Waals surface area contributed by atoms with E-state index in [4.69, 9.17) is 5.11 Å². The largest absolute Gasteiger partial charge is 0.508 e. The third-order valence-corrected chi connectivity index (χ3v) is 4.79. The first-order chi connectivity index (χ1) is 10.3. The average Bonchev–Trinajstić information content (AvgIpc) is 2.43. The quantitative estimate of drug-likeness (QED) is 0.380. The molecule has 0 heterocycles. The van der Waals surface area contributed by atoms with Gasteiger partial charge in [-0.05, 0) is 69.9 Å². The molecular weight excluding hydrogens is 272 g/mol. The zero-order valence-electron chi connectivity index (χ0n) is 14.9. The first kappa shape index (κ1) is 18.8. The molecule has 1 rings (SSSR count). The number of allylic oxidation sites excluding steroid dienone is 6. The Bertz CT molecular complexity index is 502. The number of hydrogen-bond donors (Lipinski definition) is 2. The molecule has 2 heteroatoms. The van der Waals surface area contributed by atoms with Gasteiger partial charge in [0.05, 0.1) is 6.61 Å². The molecule has 0 saturated heterocycles. The molecule has 1 aliphatic rings. The van der Waals surface area contributed by atoms with Gasteiger partial charge in [0, 0.05) is 0 Å². The Hall–Kier alpha value is -1.28. The van der Waals surface area contributed by atoms with Crippen LogP contribution in [0.2, 0.25) is 0 Å². The Kier molecular flexibility index (Phi) is 7.15. The Labute approximate surface area is 135 Å². The van der Waals surface area contributed by atoms with Crippen molar-refractivity contribution in [3.05, 3.63) is 46.3 Å². The van der Waals surface area contributed by atoms with Gasteiger partial charge in [0.1, 0.15) is 5.76 Å². The molecule has 0 bridgehead atoms. The summed E-state index contributed by atoms with van der Waals surface area (Å²) in [6.45, 7) is 10.9. The lowest BCUT2D eigenvalue weighted by Crippen LogP contribution is -2.20. The molecule has 0 spiro atoms. The van der Waals surface area contributed by atoms with Crippen LogP contribution < -0.4 is 0 Å². The summed E-state index contributed by atoms with van der Waals surface area (Å²) in [6.07, 6.45) is 11.0. The number of aliphatic hydroxyl groups excluding tert-OH is 2. The van der Waals surface area contributed by atoms with Gasteiger partial charge in [-0.3, -0.25) is 0 Å². The van der Waals surface area contributed by atoms with E-state index in [1.807, 2.05) is 19.9 Å². The lowest BCUT2D eigenvalue weighted by molar-refractivity contribution is 0.342. The van der Waals surface area contributed by atoms with Crippen LogP contribution in [0.1, 0.15) is 66.7 Å². The summed E-state index contributed by atoms with van der Waals surface area (Å²) in [5, 5.41) is 19.0. The van der Waals surface area contributed by atoms with Crippen LogP contribution in [0.5, 0.6) is 0 Å². The summed E-state index contributed by atoms with van der Waals surface area (Å²) in [5.74, 6) is 0.345. The van der Waals surface area contributed by atoms with Gasteiger partial charge in [-0.15, -0.1) is 0 Å². The minimum Gasteiger partial charge on any atom is -0.508 e. The molecule has 0 amide bonds. The van der Waals surface area contributed by atoms with Crippen molar-refractivity contribution >= 4 is 0 Å². The van der Waals surface area contributed by atoms with E-state index in [2.05, 4.69) is 20.8 Å². The van der Waals surface area contributed by atoms with Crippen LogP contribution in [0.15, 0.2) is 46.3 Å². The minimum atomic E-state index is 0.0299. The molecule has 0 atom stereocenters. The smallest absolute Gasteiger partial charge is 0.114 e. The Morgan fingerprint density at radius 3 is 2.50 bits per heavy atom. The van der Waals surface area contributed by atoms with Crippen molar-refractivity contribution in [1.29, 1.82) is 0 Å². The highest BCUT2D eigenvalue weighted by Crippen LogP contribution is 2.42. The Balaban J connectivity index is 2.74. The fourth-order valence-corrected chi connectivity index (χ4v) is 3.23. The van der Waals surface area contributed by atoms with Crippen LogP contribution in [0.4, 0.5) is 0 Å². The average molecular weight is 304 g/mol. The fraction of sp³-hybridized carbons (Fsp3) is 0.600. The van der Waals surface area contributed by atoms with Crippen LogP contribution in [0.25, 0.3) is 0 Å². The van der Waals surface area contributed by atoms with Crippen molar-refractivity contribution in [3.8, 4) is 0 Å². The van der Waals surface area contributed by atoms with Crippen molar-refractivity contribution in [2.75, 3.05) is 6.61 Å². The van der Waals surface area contributed by atoms with Gasteiger partial charge in [-0.1, -0.05) is 42.7 Å². The Morgan fingerprint density at radius 2 is 1.91 bits per heavy atom. The molecule has 0 fully saturated rings. The predicted molar refractivity (Wildman–Crippen MR) is 94.9 cm³/mol. The highest BCUT2D eigenvalue weighted by atomic mass is 16.3. The molecular formula is C20H32O2. The van der Waals surface area contributed by atoms with Crippen molar-refractivity contribution < 1.29 is 10.2 Å². The maximum absolute atomic E-state index is 10.1. The summed E-state index contributed by atoms with van der Waals surface area (Å²) in [7, 11) is 0. The number of rotatable bonds is 6. The van der Waals surface area contributed by atoms with E-state index < -0.39 is 0 Å². The molecule has 1 aliphatic carbocycles. The topological polar surface area (TPSA) is 40.5 Å². The zero-order valence-corrected chi connectivity index (χ0v) is 14.9. The molecule has 2 nitrogen and oxygen atoms in total. The van der Waals surface area contributed by atoms with Gasteiger partial charge in [-0.2, -0.15) is 0 Å². The van der Waals surface area contributed by atoms with E-state index in [1.54, 1.807) is 23.3 Å². The van der Waals surface area contributed by atoms with Crippen LogP contribution in [0.3, 0.4) is 0 Å². The van der Waals surface area contributed by atoms with Crippen LogP contribution in [-0.4, -0.2) is 16.8 Å². The van der Waals surface area contributed by atoms with E-state index in [0.29, 0.717) is 11.2 Å². The maximum Gasteiger partial charge on any atom is 0.114 e. The van der Waals surface area contributed by atoms with Crippen molar-refractivity contribution in [2.45, 2.75) is 66.7 Å². The van der Waals surface area contributed by atoms with Crippen molar-refractivity contribution in [3.63, 3.8) is 0 Å². The van der Waals surface area contributed by atoms with Gasteiger partial charge < -0.3 is 10.2 Å². The molecule has 124 valence electrons. The van der Waals surface area contributed by atoms with Crippen molar-refractivity contribution in [1.82, 2.24) is 0 Å². The molecule has 0 saturated carbocycles. The molecule has 0 aromatic heterocycles. The van der Waals surface area contributed by atoms with Gasteiger partial charge in [-0.25, -0.2) is 0 Å². The van der Waals surface area contributed by atoms with E-state index >= 15 is 0 Å². The van der Waals surface area contributed by atoms with E-state index in [1.165, 1.54) is 19.3 Å². The number of hydrogen-bond acceptors (Lipinski definition) is 2. The first-order valence-electron chi connectivity index (χ1n) is 8.31. The number of aliphatic hydroxyl groups is 2. The summed E-state index contributed by atoms with van der Waals surface area (Å²) < 4.78 is 0. The summed E-state index contributed by atoms with van der Waals surface area (Å²) >= 11 is 0. The molecule has 0 radical (unpaired) electrons. The fourth-order valence-electron chi connectivity index (χ4n) is 3.23. The molecule has 2 N–H and O–H groups in total. The third-order valence-electron chi connectivity index (χ3n) is 4.79. The summed E-state index contributed by atoms with van der Waals surface area (Å²) in [4.78, 5) is 0. The van der Waals surface area contributed by atoms with Crippen LogP contribution >= 0.6 is 0 Å². The lowest BCUT2D eigenvalue weighted by atomic mass is 9.71. The second-order valence-corrected chi connectivity index (χ2v) is 7.13. The SMILES string of the molecule is CC(C=CC(O)=C(C)CCC1=C(C)CCCC1(C)C)=CCO. The van der Waals surface area contributed by atoms with Gasteiger partial charge in [0.25, 0.3) is 0 Å². The predicted octanol–water partition coefficient (Wildman–Crippen LogP) is 5.62. The third kappa shape index (κ3) is 5.49. The Morgan fingerprint density at radius 1 is 1.23 bits per heavy atom. The summed E-state index contributed by atoms with van der Waals surface area (Å²) in [5.41, 5.74) is 5.39. The zero-order chi connectivity index (χ0) is 16.8. The van der Waals surface area contributed by atoms with E-state index in [9.17, 15) is 5.11 Å². The van der Waals surface area contributed by atoms with Crippen molar-refractivity contribution in [2.24, 2.45) is 5.41 Å². The highest BCUT2D eigenvalue weighted by molar-refractivity contribution is 5.28. The summed E-state index contributed by atoms with van der Waals surface area (Å²) in [6, 6.07) is 0. The highest BCUT2D eigenvalue weighted by Gasteiger charge is 2.27. The standard InChI is InChI=1S/C20H32O2/c1-15(12-14-21)8-11-19(22)17(3)9-10-18-16(2)7-6-13-20(18,4)5/h8,11-12,21-22H,6-7,9-10,13-14H2,1-5H3. The van der Waals surface area contributed by atoms with Gasteiger partial charge in [0.2, 0.25) is 0 Å². The maximum atomic E-state index is 10.1. The van der Waals surface area contributed by atoms with E-state index in [0.717, 1.165) is 24.0 Å².